The van der Waals surface area contributed by atoms with Crippen molar-refractivity contribution in [2.75, 3.05) is 4.72 Å². The van der Waals surface area contributed by atoms with E-state index in [-0.39, 0.29) is 0 Å². The zero-order valence-corrected chi connectivity index (χ0v) is 11.1. The average Bonchev–Trinajstić information content (AvgIpc) is 2.23. The van der Waals surface area contributed by atoms with Crippen molar-refractivity contribution in [1.29, 1.82) is 0 Å². The fourth-order valence-electron chi connectivity index (χ4n) is 0.828. The van der Waals surface area contributed by atoms with E-state index in [0.717, 1.165) is 5.69 Å². The van der Waals surface area contributed by atoms with Gasteiger partial charge in [-0.25, -0.2) is 4.72 Å². The number of anilines is 1. The van der Waals surface area contributed by atoms with Crippen LogP contribution in [0.1, 0.15) is 33.3 Å². The van der Waals surface area contributed by atoms with Gasteiger partial charge in [-0.05, 0) is 32.9 Å². The minimum Gasteiger partial charge on any atom is -0.317 e. The van der Waals surface area contributed by atoms with Crippen molar-refractivity contribution >= 4 is 17.8 Å². The lowest BCUT2D eigenvalue weighted by Gasteiger charge is -2.08. The molecule has 0 saturated carbocycles. The average molecular weight is 226 g/mol. The number of aryl methyl sites for hydroxylation is 1. The highest BCUT2D eigenvalue weighted by molar-refractivity contribution is 7.98. The molecule has 0 unspecified atom stereocenters. The smallest absolute Gasteiger partial charge is 0.0452 e. The minimum absolute atomic E-state index is 0.489. The summed E-state index contributed by atoms with van der Waals surface area (Å²) in [4.78, 5) is 0. The summed E-state index contributed by atoms with van der Waals surface area (Å²) in [5.41, 5.74) is 2.41. The lowest BCUT2D eigenvalue weighted by molar-refractivity contribution is 0.772. The van der Waals surface area contributed by atoms with Gasteiger partial charge in [-0.15, -0.1) is 0 Å². The molecule has 86 valence electrons. The summed E-state index contributed by atoms with van der Waals surface area (Å²) in [6, 6.07) is 8.83. The Morgan fingerprint density at radius 3 is 2.07 bits per heavy atom. The summed E-state index contributed by atoms with van der Waals surface area (Å²) in [5, 5.41) is 0. The minimum atomic E-state index is 0.489. The molecular formula is C12H22N2S. The molecule has 0 bridgehead atoms. The third-order valence-electron chi connectivity index (χ3n) is 1.52. The second-order valence-electron chi connectivity index (χ2n) is 3.34. The van der Waals surface area contributed by atoms with Crippen LogP contribution in [0.15, 0.2) is 24.3 Å². The van der Waals surface area contributed by atoms with E-state index in [1.165, 1.54) is 17.7 Å². The molecule has 0 radical (unpaired) electrons. The van der Waals surface area contributed by atoms with Gasteiger partial charge in [0, 0.05) is 23.9 Å². The van der Waals surface area contributed by atoms with Crippen LogP contribution in [0.5, 0.6) is 0 Å². The second-order valence-corrected chi connectivity index (χ2v) is 3.99. The molecule has 1 rings (SSSR count). The van der Waals surface area contributed by atoms with E-state index in [1.807, 2.05) is 13.8 Å². The molecule has 0 fully saturated rings. The first-order valence-electron chi connectivity index (χ1n) is 5.42. The second kappa shape index (κ2) is 8.62. The van der Waals surface area contributed by atoms with Gasteiger partial charge in [-0.1, -0.05) is 31.5 Å². The van der Waals surface area contributed by atoms with Crippen molar-refractivity contribution in [3.05, 3.63) is 29.8 Å². The number of rotatable bonds is 4. The molecule has 2 nitrogen and oxygen atoms in total. The van der Waals surface area contributed by atoms with Crippen molar-refractivity contribution < 1.29 is 0 Å². The number of hydrogen-bond donors (Lipinski definition) is 2. The van der Waals surface area contributed by atoms with Crippen molar-refractivity contribution in [1.82, 2.24) is 4.72 Å². The Kier molecular flexibility index (Phi) is 8.24. The Bertz CT molecular complexity index is 244. The first-order chi connectivity index (χ1) is 7.18. The largest absolute Gasteiger partial charge is 0.317 e. The van der Waals surface area contributed by atoms with Gasteiger partial charge in [0.05, 0.1) is 0 Å². The third-order valence-corrected chi connectivity index (χ3v) is 2.44. The van der Waals surface area contributed by atoms with Crippen LogP contribution in [0.25, 0.3) is 0 Å². The van der Waals surface area contributed by atoms with Crippen LogP contribution >= 0.6 is 12.1 Å². The lowest BCUT2D eigenvalue weighted by atomic mass is 10.2. The topological polar surface area (TPSA) is 24.1 Å². The highest BCUT2D eigenvalue weighted by Crippen LogP contribution is 2.11. The predicted octanol–water partition coefficient (Wildman–Crippen LogP) is 3.99. The van der Waals surface area contributed by atoms with Gasteiger partial charge in [0.2, 0.25) is 0 Å². The summed E-state index contributed by atoms with van der Waals surface area (Å²) in [7, 11) is 0. The van der Waals surface area contributed by atoms with Crippen LogP contribution < -0.4 is 9.44 Å². The molecule has 0 spiro atoms. The number of nitrogens with one attached hydrogen (secondary N) is 2. The van der Waals surface area contributed by atoms with Gasteiger partial charge in [-0.3, -0.25) is 0 Å². The highest BCUT2D eigenvalue weighted by atomic mass is 32.2. The maximum Gasteiger partial charge on any atom is 0.0452 e. The Morgan fingerprint density at radius 1 is 1.07 bits per heavy atom. The van der Waals surface area contributed by atoms with Crippen molar-refractivity contribution in [3.63, 3.8) is 0 Å². The Balaban J connectivity index is 0.000000921. The Labute approximate surface area is 98.1 Å². The summed E-state index contributed by atoms with van der Waals surface area (Å²) in [6.07, 6.45) is 0. The molecule has 3 heteroatoms. The van der Waals surface area contributed by atoms with Crippen molar-refractivity contribution in [3.8, 4) is 0 Å². The molecule has 0 aromatic heterocycles. The van der Waals surface area contributed by atoms with Crippen LogP contribution in [-0.4, -0.2) is 6.04 Å². The molecule has 1 aromatic rings. The Morgan fingerprint density at radius 2 is 1.60 bits per heavy atom. The van der Waals surface area contributed by atoms with E-state index < -0.39 is 0 Å². The molecule has 2 N–H and O–H groups in total. The lowest BCUT2D eigenvalue weighted by Crippen LogP contribution is -2.16. The summed E-state index contributed by atoms with van der Waals surface area (Å²) < 4.78 is 6.42. The van der Waals surface area contributed by atoms with Crippen molar-refractivity contribution in [2.45, 2.75) is 40.7 Å². The quantitative estimate of drug-likeness (QED) is 0.759. The molecule has 0 amide bonds. The normalized spacial score (nSPS) is 9.47. The van der Waals surface area contributed by atoms with E-state index in [1.54, 1.807) is 0 Å². The zero-order chi connectivity index (χ0) is 11.7. The predicted molar refractivity (Wildman–Crippen MR) is 72.0 cm³/mol. The molecule has 0 aliphatic carbocycles. The van der Waals surface area contributed by atoms with Gasteiger partial charge in [0.15, 0.2) is 0 Å². The van der Waals surface area contributed by atoms with Crippen LogP contribution in [0.2, 0.25) is 0 Å². The molecule has 0 saturated heterocycles. The van der Waals surface area contributed by atoms with E-state index in [0.29, 0.717) is 6.04 Å². The van der Waals surface area contributed by atoms with E-state index in [4.69, 9.17) is 0 Å². The molecule has 0 aliphatic heterocycles. The van der Waals surface area contributed by atoms with E-state index in [2.05, 4.69) is 54.5 Å². The fourth-order valence-corrected chi connectivity index (χ4v) is 1.38. The zero-order valence-electron chi connectivity index (χ0n) is 10.3. The fraction of sp³-hybridized carbons (Fsp3) is 0.500. The highest BCUT2D eigenvalue weighted by Gasteiger charge is 1.93. The standard InChI is InChI=1S/C10H16N2S.C2H6/c1-8(2)11-13-12-10-6-4-9(3)5-7-10;1-2/h4-8,11-12H,1-3H3;1-2H3. The van der Waals surface area contributed by atoms with Gasteiger partial charge < -0.3 is 4.72 Å². The number of hydrogen-bond acceptors (Lipinski definition) is 3. The van der Waals surface area contributed by atoms with E-state index in [9.17, 15) is 0 Å². The molecule has 1 aromatic carbocycles. The summed E-state index contributed by atoms with van der Waals surface area (Å²) in [5.74, 6) is 0. The molecule has 15 heavy (non-hydrogen) atoms. The molecule has 0 atom stereocenters. The third kappa shape index (κ3) is 7.28. The monoisotopic (exact) mass is 226 g/mol. The van der Waals surface area contributed by atoms with Gasteiger partial charge in [-0.2, -0.15) is 0 Å². The summed E-state index contributed by atoms with van der Waals surface area (Å²) >= 11 is 1.52. The maximum atomic E-state index is 3.21. The van der Waals surface area contributed by atoms with Crippen LogP contribution in [-0.2, 0) is 0 Å². The molecular weight excluding hydrogens is 204 g/mol. The van der Waals surface area contributed by atoms with Crippen LogP contribution in [0.4, 0.5) is 5.69 Å². The van der Waals surface area contributed by atoms with Gasteiger partial charge in [0.25, 0.3) is 0 Å². The molecule has 0 heterocycles. The van der Waals surface area contributed by atoms with Crippen LogP contribution in [0.3, 0.4) is 0 Å². The van der Waals surface area contributed by atoms with Crippen LogP contribution in [0, 0.1) is 6.92 Å². The van der Waals surface area contributed by atoms with Crippen molar-refractivity contribution in [2.24, 2.45) is 0 Å². The van der Waals surface area contributed by atoms with Gasteiger partial charge >= 0.3 is 0 Å². The Hall–Kier alpha value is -0.670. The summed E-state index contributed by atoms with van der Waals surface area (Å²) in [6.45, 7) is 10.3. The van der Waals surface area contributed by atoms with E-state index >= 15 is 0 Å². The first kappa shape index (κ1) is 14.3. The SMILES string of the molecule is CC.Cc1ccc(NSNC(C)C)cc1. The first-order valence-corrected chi connectivity index (χ1v) is 6.24. The van der Waals surface area contributed by atoms with Gasteiger partial charge in [0.1, 0.15) is 0 Å². The molecule has 0 aliphatic rings. The number of benzene rings is 1. The maximum absolute atomic E-state index is 3.21.